The molecule has 0 spiro atoms. The van der Waals surface area contributed by atoms with Gasteiger partial charge in [0, 0.05) is 11.8 Å². The molecule has 0 aliphatic carbocycles. The third kappa shape index (κ3) is 8.17. The van der Waals surface area contributed by atoms with Crippen molar-refractivity contribution in [2.24, 2.45) is 17.3 Å². The Hall–Kier alpha value is -1.27. The highest BCUT2D eigenvalue weighted by Crippen LogP contribution is 2.33. The largest absolute Gasteiger partial charge is 0.392 e. The monoisotopic (exact) mass is 408 g/mol. The maximum atomic E-state index is 13.2. The Bertz CT molecular complexity index is 587. The van der Waals surface area contributed by atoms with Gasteiger partial charge in [0.1, 0.15) is 5.78 Å². The molecule has 0 saturated heterocycles. The summed E-state index contributed by atoms with van der Waals surface area (Å²) in [4.78, 5) is 13.2. The lowest BCUT2D eigenvalue weighted by Gasteiger charge is -2.38. The molecule has 1 N–H and O–H groups in total. The minimum atomic E-state index is -0.889. The Kier molecular flexibility index (Phi) is 10.5. The van der Waals surface area contributed by atoms with Gasteiger partial charge in [0.05, 0.1) is 36.9 Å². The Morgan fingerprint density at radius 1 is 0.966 bits per heavy atom. The molecule has 0 fully saturated rings. The van der Waals surface area contributed by atoms with Gasteiger partial charge in [-0.1, -0.05) is 44.2 Å². The Morgan fingerprint density at radius 2 is 1.48 bits per heavy atom. The van der Waals surface area contributed by atoms with Crippen LogP contribution in [0.25, 0.3) is 0 Å². The highest BCUT2D eigenvalue weighted by Gasteiger charge is 2.44. The van der Waals surface area contributed by atoms with Gasteiger partial charge in [-0.25, -0.2) is 0 Å². The van der Waals surface area contributed by atoms with Crippen molar-refractivity contribution in [2.45, 2.75) is 86.6 Å². The van der Waals surface area contributed by atoms with Crippen molar-refractivity contribution in [3.8, 4) is 0 Å². The molecule has 29 heavy (non-hydrogen) atoms. The van der Waals surface area contributed by atoms with Crippen LogP contribution in [0.4, 0.5) is 0 Å². The average Bonchev–Trinajstić information content (AvgIpc) is 2.65. The summed E-state index contributed by atoms with van der Waals surface area (Å²) in [6.45, 7) is 15.9. The highest BCUT2D eigenvalue weighted by molar-refractivity contribution is 5.87. The van der Waals surface area contributed by atoms with E-state index >= 15 is 0 Å². The van der Waals surface area contributed by atoms with Crippen LogP contribution in [-0.2, 0) is 25.6 Å². The van der Waals surface area contributed by atoms with Gasteiger partial charge in [-0.3, -0.25) is 4.79 Å². The fraction of sp³-hybridized carbons (Fsp3) is 0.708. The number of Topliss-reactive ketones (excluding diaryl/α,β-unsaturated/α-hetero) is 1. The smallest absolute Gasteiger partial charge is 0.170 e. The third-order valence-corrected chi connectivity index (χ3v) is 5.02. The van der Waals surface area contributed by atoms with Crippen LogP contribution in [0.2, 0.25) is 0 Å². The number of carbonyl (C=O) groups excluding carboxylic acids is 1. The van der Waals surface area contributed by atoms with E-state index in [-0.39, 0.29) is 23.9 Å². The van der Waals surface area contributed by atoms with Crippen LogP contribution in [0.1, 0.15) is 61.0 Å². The number of hydrogen-bond donors (Lipinski definition) is 1. The Balaban J connectivity index is 2.71. The first-order chi connectivity index (χ1) is 13.5. The van der Waals surface area contributed by atoms with E-state index in [2.05, 4.69) is 0 Å². The lowest BCUT2D eigenvalue weighted by molar-refractivity contribution is -0.229. The van der Waals surface area contributed by atoms with E-state index in [1.807, 2.05) is 78.8 Å². The van der Waals surface area contributed by atoms with Crippen molar-refractivity contribution in [1.82, 2.24) is 0 Å². The molecular weight excluding hydrogens is 368 g/mol. The third-order valence-electron chi connectivity index (χ3n) is 5.02. The second-order valence-corrected chi connectivity index (χ2v) is 9.04. The molecule has 0 bridgehead atoms. The van der Waals surface area contributed by atoms with Gasteiger partial charge in [0.25, 0.3) is 0 Å². The summed E-state index contributed by atoms with van der Waals surface area (Å²) < 4.78 is 17.6. The van der Waals surface area contributed by atoms with E-state index in [1.165, 1.54) is 0 Å². The number of aliphatic hydroxyl groups excluding tert-OH is 1. The molecule has 0 aliphatic rings. The average molecular weight is 409 g/mol. The van der Waals surface area contributed by atoms with Crippen LogP contribution in [0.15, 0.2) is 30.3 Å². The molecule has 3 atom stereocenters. The van der Waals surface area contributed by atoms with Crippen molar-refractivity contribution < 1.29 is 24.1 Å². The van der Waals surface area contributed by atoms with Gasteiger partial charge in [-0.2, -0.15) is 0 Å². The molecule has 5 heteroatoms. The van der Waals surface area contributed by atoms with Crippen LogP contribution in [0.5, 0.6) is 0 Å². The summed E-state index contributed by atoms with van der Waals surface area (Å²) in [6.07, 6.45) is -1.63. The van der Waals surface area contributed by atoms with Crippen molar-refractivity contribution in [2.75, 3.05) is 6.61 Å². The highest BCUT2D eigenvalue weighted by atomic mass is 16.7. The first kappa shape index (κ1) is 25.8. The normalized spacial score (nSPS) is 15.7. The standard InChI is InChI=1S/C24H40O5/c1-16(2)28-23(29-17(3)4)24(7,8)22(26)19(6)21(25)18(5)14-27-15-20-12-10-9-11-13-20/h9-13,16-19,21,23,25H,14-15H2,1-8H3. The number of benzene rings is 1. The molecule has 0 aromatic heterocycles. The fourth-order valence-corrected chi connectivity index (χ4v) is 3.25. The topological polar surface area (TPSA) is 65.0 Å². The molecule has 1 rings (SSSR count). The molecule has 5 nitrogen and oxygen atoms in total. The van der Waals surface area contributed by atoms with Crippen LogP contribution in [-0.4, -0.2) is 42.1 Å². The van der Waals surface area contributed by atoms with Crippen LogP contribution in [0, 0.1) is 17.3 Å². The van der Waals surface area contributed by atoms with Crippen LogP contribution >= 0.6 is 0 Å². The minimum absolute atomic E-state index is 0.0728. The van der Waals surface area contributed by atoms with Gasteiger partial charge in [-0.05, 0) is 47.1 Å². The van der Waals surface area contributed by atoms with E-state index < -0.39 is 23.7 Å². The van der Waals surface area contributed by atoms with Gasteiger partial charge in [0.2, 0.25) is 0 Å². The number of ether oxygens (including phenoxy) is 3. The zero-order valence-electron chi connectivity index (χ0n) is 19.3. The first-order valence-corrected chi connectivity index (χ1v) is 10.6. The van der Waals surface area contributed by atoms with E-state index in [4.69, 9.17) is 14.2 Å². The van der Waals surface area contributed by atoms with E-state index in [0.717, 1.165) is 5.56 Å². The Morgan fingerprint density at radius 3 is 1.97 bits per heavy atom. The maximum Gasteiger partial charge on any atom is 0.170 e. The molecule has 0 heterocycles. The molecular formula is C24H40O5. The molecule has 0 radical (unpaired) electrons. The molecule has 0 saturated carbocycles. The van der Waals surface area contributed by atoms with E-state index in [9.17, 15) is 9.90 Å². The Labute approximate surface area is 176 Å². The number of ketones is 1. The lowest BCUT2D eigenvalue weighted by Crippen LogP contribution is -2.48. The van der Waals surface area contributed by atoms with E-state index in [1.54, 1.807) is 6.92 Å². The van der Waals surface area contributed by atoms with Crippen molar-refractivity contribution >= 4 is 5.78 Å². The minimum Gasteiger partial charge on any atom is -0.392 e. The SMILES string of the molecule is CC(C)OC(OC(C)C)C(C)(C)C(=O)C(C)C(O)C(C)COCc1ccccc1. The van der Waals surface area contributed by atoms with Crippen molar-refractivity contribution in [3.63, 3.8) is 0 Å². The van der Waals surface area contributed by atoms with E-state index in [0.29, 0.717) is 13.2 Å². The molecule has 0 aliphatic heterocycles. The zero-order valence-corrected chi connectivity index (χ0v) is 19.3. The second-order valence-electron chi connectivity index (χ2n) is 9.04. The molecule has 0 amide bonds. The number of rotatable bonds is 13. The molecule has 166 valence electrons. The van der Waals surface area contributed by atoms with Crippen molar-refractivity contribution in [3.05, 3.63) is 35.9 Å². The first-order valence-electron chi connectivity index (χ1n) is 10.6. The lowest BCUT2D eigenvalue weighted by atomic mass is 9.77. The van der Waals surface area contributed by atoms with Crippen LogP contribution < -0.4 is 0 Å². The van der Waals surface area contributed by atoms with Gasteiger partial charge < -0.3 is 19.3 Å². The van der Waals surface area contributed by atoms with Gasteiger partial charge in [-0.15, -0.1) is 0 Å². The number of aliphatic hydroxyl groups is 1. The van der Waals surface area contributed by atoms with Gasteiger partial charge in [0.15, 0.2) is 6.29 Å². The van der Waals surface area contributed by atoms with Gasteiger partial charge >= 0.3 is 0 Å². The summed E-state index contributed by atoms with van der Waals surface area (Å²) in [5, 5.41) is 10.8. The van der Waals surface area contributed by atoms with Crippen LogP contribution in [0.3, 0.4) is 0 Å². The summed E-state index contributed by atoms with van der Waals surface area (Å²) in [5.41, 5.74) is 0.193. The number of carbonyl (C=O) groups is 1. The fourth-order valence-electron chi connectivity index (χ4n) is 3.25. The zero-order chi connectivity index (χ0) is 22.2. The quantitative estimate of drug-likeness (QED) is 0.483. The van der Waals surface area contributed by atoms with Crippen molar-refractivity contribution in [1.29, 1.82) is 0 Å². The molecule has 1 aromatic rings. The maximum absolute atomic E-state index is 13.2. The summed E-state index contributed by atoms with van der Waals surface area (Å²) >= 11 is 0. The number of hydrogen-bond acceptors (Lipinski definition) is 5. The summed E-state index contributed by atoms with van der Waals surface area (Å²) in [7, 11) is 0. The summed E-state index contributed by atoms with van der Waals surface area (Å²) in [6, 6.07) is 9.90. The molecule has 3 unspecified atom stereocenters. The molecule has 1 aromatic carbocycles. The second kappa shape index (κ2) is 11.8. The predicted molar refractivity (Wildman–Crippen MR) is 115 cm³/mol. The summed E-state index contributed by atoms with van der Waals surface area (Å²) in [5.74, 6) is -0.815. The predicted octanol–water partition coefficient (Wildman–Crippen LogP) is 4.61.